The first-order valence-corrected chi connectivity index (χ1v) is 15.2. The molecule has 2 aliphatic rings. The lowest BCUT2D eigenvalue weighted by Crippen LogP contribution is -2.64. The van der Waals surface area contributed by atoms with Crippen LogP contribution in [-0.4, -0.2) is 125 Å². The summed E-state index contributed by atoms with van der Waals surface area (Å²) in [5.41, 5.74) is 0.108. The van der Waals surface area contributed by atoms with Gasteiger partial charge in [-0.3, -0.25) is 24.0 Å². The number of fused-ring (bicyclic) bond motifs is 1. The molecule has 2 aromatic rings. The van der Waals surface area contributed by atoms with Crippen LogP contribution in [0.3, 0.4) is 0 Å². The van der Waals surface area contributed by atoms with Gasteiger partial charge < -0.3 is 39.9 Å². The predicted molar refractivity (Wildman–Crippen MR) is 164 cm³/mol. The summed E-state index contributed by atoms with van der Waals surface area (Å²) >= 11 is 0. The van der Waals surface area contributed by atoms with E-state index in [1.54, 1.807) is 32.9 Å². The molecular weight excluding hydrogens is 600 g/mol. The van der Waals surface area contributed by atoms with E-state index in [1.165, 1.54) is 20.8 Å². The molecule has 0 aliphatic carbocycles. The Labute approximate surface area is 266 Å². The highest BCUT2D eigenvalue weighted by Gasteiger charge is 2.40. The Balaban J connectivity index is 1.53. The number of carbonyl (C=O) groups excluding carboxylic acids is 5. The van der Waals surface area contributed by atoms with Gasteiger partial charge in [-0.2, -0.15) is 0 Å². The van der Waals surface area contributed by atoms with Gasteiger partial charge in [0.25, 0.3) is 11.8 Å². The van der Waals surface area contributed by atoms with Crippen LogP contribution in [-0.2, 0) is 23.9 Å². The van der Waals surface area contributed by atoms with Crippen molar-refractivity contribution in [2.75, 3.05) is 52.5 Å². The summed E-state index contributed by atoms with van der Waals surface area (Å²) in [6.45, 7) is 8.14. The number of hydrogen-bond acceptors (Lipinski definition) is 9. The number of aromatic nitrogens is 1. The van der Waals surface area contributed by atoms with Gasteiger partial charge in [0.2, 0.25) is 11.8 Å². The second kappa shape index (κ2) is 14.4. The van der Waals surface area contributed by atoms with Crippen LogP contribution in [0.15, 0.2) is 24.3 Å². The van der Waals surface area contributed by atoms with Crippen molar-refractivity contribution in [3.05, 3.63) is 35.5 Å². The number of hydrogen-bond donors (Lipinski definition) is 3. The fraction of sp³-hybridized carbons (Fsp3) is 0.516. The van der Waals surface area contributed by atoms with Crippen molar-refractivity contribution in [1.29, 1.82) is 0 Å². The maximum absolute atomic E-state index is 13.6. The number of pyridine rings is 1. The molecule has 2 saturated heterocycles. The average molecular weight is 641 g/mol. The fourth-order valence-corrected chi connectivity index (χ4v) is 5.40. The fourth-order valence-electron chi connectivity index (χ4n) is 5.40. The maximum Gasteiger partial charge on any atom is 0.409 e. The minimum atomic E-state index is -1.17. The van der Waals surface area contributed by atoms with Gasteiger partial charge in [-0.15, -0.1) is 0 Å². The number of aliphatic carboxylic acids is 1. The smallest absolute Gasteiger partial charge is 0.409 e. The van der Waals surface area contributed by atoms with Gasteiger partial charge in [-0.05, 0) is 51.8 Å². The second-order valence-corrected chi connectivity index (χ2v) is 11.6. The van der Waals surface area contributed by atoms with Crippen LogP contribution >= 0.6 is 0 Å². The molecule has 0 radical (unpaired) electrons. The standard InChI is InChI=1S/C31H40N6O9/c1-5-45-30(44)36-14-12-35(13-15-36)28(42)21(8-9-26(39)40)34-27(41)23-17-24(20-7-6-19(2)16-22(20)33-23)46-18-25(38)37-11-10-32-29(43)31(37,3)4/h6-7,16-17,21H,5,8-15,18H2,1-4H3,(H,32,43)(H,34,41)(H,39,40). The van der Waals surface area contributed by atoms with E-state index in [-0.39, 0.29) is 63.0 Å². The van der Waals surface area contributed by atoms with Crippen LogP contribution in [0, 0.1) is 6.92 Å². The van der Waals surface area contributed by atoms with Crippen LogP contribution in [0.1, 0.15) is 49.7 Å². The summed E-state index contributed by atoms with van der Waals surface area (Å²) in [6, 6.07) is 5.53. The Bertz CT molecular complexity index is 1520. The number of rotatable bonds is 10. The molecule has 3 N–H and O–H groups in total. The number of piperazine rings is 2. The molecule has 1 atom stereocenters. The van der Waals surface area contributed by atoms with Crippen LogP contribution in [0.25, 0.3) is 10.9 Å². The quantitative estimate of drug-likeness (QED) is 0.337. The van der Waals surface area contributed by atoms with Crippen molar-refractivity contribution >= 4 is 46.6 Å². The van der Waals surface area contributed by atoms with Gasteiger partial charge in [0, 0.05) is 57.1 Å². The van der Waals surface area contributed by atoms with E-state index in [1.807, 2.05) is 13.0 Å². The molecule has 1 aromatic carbocycles. The lowest BCUT2D eigenvalue weighted by Gasteiger charge is -2.41. The number of carboxylic acid groups (broad SMARTS) is 1. The first-order valence-electron chi connectivity index (χ1n) is 15.2. The van der Waals surface area contributed by atoms with Crippen LogP contribution in [0.5, 0.6) is 5.75 Å². The Morgan fingerprint density at radius 1 is 1.07 bits per heavy atom. The molecule has 248 valence electrons. The molecule has 0 bridgehead atoms. The molecule has 0 spiro atoms. The Hall–Kier alpha value is -4.95. The SMILES string of the molecule is CCOC(=O)N1CCN(C(=O)C(CCC(=O)O)NC(=O)c2cc(OCC(=O)N3CCNC(=O)C3(C)C)c3ccc(C)cc3n2)CC1. The largest absolute Gasteiger partial charge is 0.483 e. The van der Waals surface area contributed by atoms with Crippen molar-refractivity contribution in [3.8, 4) is 5.75 Å². The molecule has 2 aliphatic heterocycles. The monoisotopic (exact) mass is 640 g/mol. The first kappa shape index (κ1) is 33.9. The first-order chi connectivity index (χ1) is 21.8. The van der Waals surface area contributed by atoms with Crippen molar-refractivity contribution in [2.45, 2.75) is 52.1 Å². The summed E-state index contributed by atoms with van der Waals surface area (Å²) in [5.74, 6) is -2.83. The van der Waals surface area contributed by atoms with Crippen molar-refractivity contribution in [3.63, 3.8) is 0 Å². The zero-order valence-corrected chi connectivity index (χ0v) is 26.5. The van der Waals surface area contributed by atoms with Crippen molar-refractivity contribution in [2.24, 2.45) is 0 Å². The van der Waals surface area contributed by atoms with E-state index in [9.17, 15) is 33.9 Å². The van der Waals surface area contributed by atoms with E-state index < -0.39 is 48.0 Å². The van der Waals surface area contributed by atoms with E-state index in [0.29, 0.717) is 24.0 Å². The summed E-state index contributed by atoms with van der Waals surface area (Å²) in [4.78, 5) is 84.8. The predicted octanol–water partition coefficient (Wildman–Crippen LogP) is 0.923. The van der Waals surface area contributed by atoms with Gasteiger partial charge in [0.15, 0.2) is 6.61 Å². The second-order valence-electron chi connectivity index (χ2n) is 11.6. The highest BCUT2D eigenvalue weighted by Crippen LogP contribution is 2.27. The summed E-state index contributed by atoms with van der Waals surface area (Å²) in [6.07, 6.45) is -1.01. The third-order valence-corrected chi connectivity index (χ3v) is 8.03. The van der Waals surface area contributed by atoms with Crippen LogP contribution in [0.4, 0.5) is 4.79 Å². The Kier molecular flexibility index (Phi) is 10.6. The third-order valence-electron chi connectivity index (χ3n) is 8.03. The van der Waals surface area contributed by atoms with Gasteiger partial charge >= 0.3 is 12.1 Å². The highest BCUT2D eigenvalue weighted by atomic mass is 16.6. The lowest BCUT2D eigenvalue weighted by atomic mass is 9.99. The third kappa shape index (κ3) is 7.82. The Morgan fingerprint density at radius 3 is 2.43 bits per heavy atom. The molecule has 2 fully saturated rings. The minimum Gasteiger partial charge on any atom is -0.483 e. The number of ether oxygens (including phenoxy) is 2. The molecule has 15 nitrogen and oxygen atoms in total. The van der Waals surface area contributed by atoms with E-state index in [0.717, 1.165) is 5.56 Å². The normalized spacial score (nSPS) is 16.8. The van der Waals surface area contributed by atoms with E-state index >= 15 is 0 Å². The number of nitrogens with one attached hydrogen (secondary N) is 2. The number of aryl methyl sites for hydroxylation is 1. The molecular formula is C31H40N6O9. The molecule has 5 amide bonds. The van der Waals surface area contributed by atoms with Gasteiger partial charge in [0.1, 0.15) is 23.0 Å². The van der Waals surface area contributed by atoms with Gasteiger partial charge in [-0.25, -0.2) is 9.78 Å². The summed E-state index contributed by atoms with van der Waals surface area (Å²) in [5, 5.41) is 15.2. The van der Waals surface area contributed by atoms with E-state index in [2.05, 4.69) is 15.6 Å². The summed E-state index contributed by atoms with van der Waals surface area (Å²) in [7, 11) is 0. The zero-order chi connectivity index (χ0) is 33.6. The number of carboxylic acids is 1. The number of carbonyl (C=O) groups is 6. The Morgan fingerprint density at radius 2 is 1.76 bits per heavy atom. The molecule has 15 heteroatoms. The minimum absolute atomic E-state index is 0.0986. The molecule has 1 aromatic heterocycles. The van der Waals surface area contributed by atoms with Gasteiger partial charge in [-0.1, -0.05) is 6.07 Å². The number of amides is 5. The highest BCUT2D eigenvalue weighted by molar-refractivity contribution is 6.00. The zero-order valence-electron chi connectivity index (χ0n) is 26.5. The van der Waals surface area contributed by atoms with Gasteiger partial charge in [0.05, 0.1) is 12.1 Å². The lowest BCUT2D eigenvalue weighted by molar-refractivity contribution is -0.150. The topological polar surface area (TPSA) is 188 Å². The molecule has 46 heavy (non-hydrogen) atoms. The molecule has 1 unspecified atom stereocenters. The number of benzene rings is 1. The van der Waals surface area contributed by atoms with Crippen molar-refractivity contribution < 1.29 is 43.3 Å². The maximum atomic E-state index is 13.6. The summed E-state index contributed by atoms with van der Waals surface area (Å²) < 4.78 is 10.9. The molecule has 4 rings (SSSR count). The number of nitrogens with zero attached hydrogens (tertiary/aromatic N) is 4. The van der Waals surface area contributed by atoms with Crippen LogP contribution < -0.4 is 15.4 Å². The molecule has 3 heterocycles. The van der Waals surface area contributed by atoms with E-state index in [4.69, 9.17) is 9.47 Å². The average Bonchev–Trinajstić information content (AvgIpc) is 3.02. The van der Waals surface area contributed by atoms with Crippen LogP contribution in [0.2, 0.25) is 0 Å². The van der Waals surface area contributed by atoms with Crippen molar-refractivity contribution in [1.82, 2.24) is 30.3 Å². The molecule has 0 saturated carbocycles.